The van der Waals surface area contributed by atoms with Crippen LogP contribution >= 0.6 is 0 Å². The first-order valence-electron chi connectivity index (χ1n) is 9.00. The van der Waals surface area contributed by atoms with Crippen molar-refractivity contribution in [3.05, 3.63) is 30.1 Å². The Hall–Kier alpha value is -3.03. The number of nitrogens with zero attached hydrogens (tertiary/aromatic N) is 4. The molecule has 0 aromatic carbocycles. The number of aryl methyl sites for hydroxylation is 2. The van der Waals surface area contributed by atoms with Gasteiger partial charge < -0.3 is 5.32 Å². The molecule has 0 bridgehead atoms. The summed E-state index contributed by atoms with van der Waals surface area (Å²) in [5.74, 6) is -1.60. The van der Waals surface area contributed by atoms with Crippen LogP contribution in [0.4, 0.5) is 5.69 Å². The molecule has 1 saturated heterocycles. The molecular formula is C19H21N5O3. The second-order valence-electron chi connectivity index (χ2n) is 7.17. The lowest BCUT2D eigenvalue weighted by Crippen LogP contribution is -2.46. The van der Waals surface area contributed by atoms with Gasteiger partial charge in [-0.1, -0.05) is 12.2 Å². The number of rotatable bonds is 3. The zero-order valence-electron chi connectivity index (χ0n) is 15.5. The van der Waals surface area contributed by atoms with E-state index in [1.807, 2.05) is 26.1 Å². The molecule has 3 amide bonds. The Bertz CT molecular complexity index is 967. The van der Waals surface area contributed by atoms with Crippen molar-refractivity contribution in [1.82, 2.24) is 19.7 Å². The van der Waals surface area contributed by atoms with E-state index < -0.39 is 11.9 Å². The number of carbonyl (C=O) groups excluding carboxylic acids is 3. The SMILES string of the molecule is Cc1nn(C)c2ncc(NC(=O)[C@@H](C)N3C(=O)[C@H]4CC=CC[C@@H]4C3=O)cc12. The van der Waals surface area contributed by atoms with Gasteiger partial charge in [-0.15, -0.1) is 0 Å². The minimum atomic E-state index is -0.874. The van der Waals surface area contributed by atoms with Crippen LogP contribution in [0.2, 0.25) is 0 Å². The van der Waals surface area contributed by atoms with E-state index in [2.05, 4.69) is 15.4 Å². The van der Waals surface area contributed by atoms with E-state index in [-0.39, 0.29) is 23.7 Å². The molecule has 3 heterocycles. The van der Waals surface area contributed by atoms with E-state index in [0.717, 1.165) is 21.6 Å². The average Bonchev–Trinajstić information content (AvgIpc) is 3.08. The van der Waals surface area contributed by atoms with Gasteiger partial charge >= 0.3 is 0 Å². The van der Waals surface area contributed by atoms with E-state index in [4.69, 9.17) is 0 Å². The van der Waals surface area contributed by atoms with Crippen LogP contribution in [0.25, 0.3) is 11.0 Å². The van der Waals surface area contributed by atoms with Crippen LogP contribution in [-0.2, 0) is 21.4 Å². The molecule has 3 atom stereocenters. The third kappa shape index (κ3) is 2.72. The van der Waals surface area contributed by atoms with Gasteiger partial charge in [0.1, 0.15) is 6.04 Å². The molecule has 2 aromatic heterocycles. The summed E-state index contributed by atoms with van der Waals surface area (Å²) in [4.78, 5) is 43.4. The molecule has 1 N–H and O–H groups in total. The fourth-order valence-corrected chi connectivity index (χ4v) is 3.95. The Morgan fingerprint density at radius 3 is 2.48 bits per heavy atom. The fourth-order valence-electron chi connectivity index (χ4n) is 3.95. The van der Waals surface area contributed by atoms with Crippen molar-refractivity contribution in [2.24, 2.45) is 18.9 Å². The highest BCUT2D eigenvalue weighted by molar-refractivity contribution is 6.10. The van der Waals surface area contributed by atoms with Crippen molar-refractivity contribution in [3.63, 3.8) is 0 Å². The van der Waals surface area contributed by atoms with E-state index in [1.165, 1.54) is 0 Å². The number of amides is 3. The van der Waals surface area contributed by atoms with Crippen molar-refractivity contribution in [3.8, 4) is 0 Å². The molecule has 1 fully saturated rings. The minimum Gasteiger partial charge on any atom is -0.323 e. The second-order valence-corrected chi connectivity index (χ2v) is 7.17. The number of aromatic nitrogens is 3. The van der Waals surface area contributed by atoms with Crippen LogP contribution in [0.5, 0.6) is 0 Å². The van der Waals surface area contributed by atoms with Gasteiger partial charge in [-0.2, -0.15) is 5.10 Å². The standard InChI is InChI=1S/C19H21N5O3/c1-10-15-8-12(9-20-16(15)23(3)22-10)21-17(25)11(2)24-18(26)13-6-4-5-7-14(13)19(24)27/h4-5,8-9,11,13-14H,6-7H2,1-3H3,(H,21,25)/t11-,13+,14+/m1/s1. The molecule has 2 aromatic rings. The third-order valence-corrected chi connectivity index (χ3v) is 5.44. The van der Waals surface area contributed by atoms with Gasteiger partial charge in [-0.05, 0) is 32.8 Å². The number of hydrogen-bond donors (Lipinski definition) is 1. The summed E-state index contributed by atoms with van der Waals surface area (Å²) in [7, 11) is 1.81. The molecule has 27 heavy (non-hydrogen) atoms. The first-order chi connectivity index (χ1) is 12.9. The summed E-state index contributed by atoms with van der Waals surface area (Å²) < 4.78 is 1.68. The number of fused-ring (bicyclic) bond motifs is 2. The van der Waals surface area contributed by atoms with Crippen LogP contribution < -0.4 is 5.32 Å². The smallest absolute Gasteiger partial charge is 0.247 e. The summed E-state index contributed by atoms with van der Waals surface area (Å²) in [6, 6.07) is 0.924. The molecule has 1 aliphatic carbocycles. The maximum atomic E-state index is 12.7. The molecule has 1 aliphatic heterocycles. The Balaban J connectivity index is 1.54. The fraction of sp³-hybridized carbons (Fsp3) is 0.421. The summed E-state index contributed by atoms with van der Waals surface area (Å²) in [6.45, 7) is 3.45. The molecule has 0 saturated carbocycles. The molecule has 8 heteroatoms. The van der Waals surface area contributed by atoms with Gasteiger partial charge in [0, 0.05) is 12.4 Å². The van der Waals surface area contributed by atoms with Crippen LogP contribution in [0.15, 0.2) is 24.4 Å². The maximum Gasteiger partial charge on any atom is 0.247 e. The topological polar surface area (TPSA) is 97.2 Å². The van der Waals surface area contributed by atoms with Gasteiger partial charge in [0.05, 0.1) is 29.4 Å². The van der Waals surface area contributed by atoms with E-state index in [0.29, 0.717) is 18.5 Å². The van der Waals surface area contributed by atoms with Crippen molar-refractivity contribution in [1.29, 1.82) is 0 Å². The van der Waals surface area contributed by atoms with E-state index >= 15 is 0 Å². The van der Waals surface area contributed by atoms with Crippen molar-refractivity contribution in [2.45, 2.75) is 32.7 Å². The van der Waals surface area contributed by atoms with Gasteiger partial charge in [-0.3, -0.25) is 24.0 Å². The predicted octanol–water partition coefficient (Wildman–Crippen LogP) is 1.55. The summed E-state index contributed by atoms with van der Waals surface area (Å²) >= 11 is 0. The van der Waals surface area contributed by atoms with E-state index in [1.54, 1.807) is 23.9 Å². The first kappa shape index (κ1) is 17.4. The number of nitrogens with one attached hydrogen (secondary N) is 1. The lowest BCUT2D eigenvalue weighted by atomic mass is 9.85. The lowest BCUT2D eigenvalue weighted by molar-refractivity contribution is -0.146. The van der Waals surface area contributed by atoms with Crippen LogP contribution in [0, 0.1) is 18.8 Å². The Morgan fingerprint density at radius 2 is 1.85 bits per heavy atom. The first-order valence-corrected chi connectivity index (χ1v) is 9.00. The van der Waals surface area contributed by atoms with Gasteiger partial charge in [0.2, 0.25) is 17.7 Å². The highest BCUT2D eigenvalue weighted by atomic mass is 16.2. The van der Waals surface area contributed by atoms with Gasteiger partial charge in [0.15, 0.2) is 5.65 Å². The molecule has 8 nitrogen and oxygen atoms in total. The van der Waals surface area contributed by atoms with Gasteiger partial charge in [-0.25, -0.2) is 4.98 Å². The Kier molecular flexibility index (Phi) is 4.05. The molecule has 4 rings (SSSR count). The summed E-state index contributed by atoms with van der Waals surface area (Å²) in [5.41, 5.74) is 2.04. The van der Waals surface area contributed by atoms with Crippen molar-refractivity contribution < 1.29 is 14.4 Å². The Labute approximate surface area is 156 Å². The average molecular weight is 367 g/mol. The number of imide groups is 1. The van der Waals surface area contributed by atoms with Crippen LogP contribution in [-0.4, -0.2) is 43.4 Å². The summed E-state index contributed by atoms with van der Waals surface area (Å²) in [6.07, 6.45) is 6.52. The number of hydrogen-bond acceptors (Lipinski definition) is 5. The number of likely N-dealkylation sites (tertiary alicyclic amines) is 1. The monoisotopic (exact) mass is 367 g/mol. The normalized spacial score (nSPS) is 23.0. The summed E-state index contributed by atoms with van der Waals surface area (Å²) in [5, 5.41) is 7.92. The maximum absolute atomic E-state index is 12.7. The Morgan fingerprint density at radius 1 is 1.22 bits per heavy atom. The molecule has 0 unspecified atom stereocenters. The van der Waals surface area contributed by atoms with Crippen molar-refractivity contribution in [2.75, 3.05) is 5.32 Å². The molecular weight excluding hydrogens is 346 g/mol. The lowest BCUT2D eigenvalue weighted by Gasteiger charge is -2.22. The second kappa shape index (κ2) is 6.29. The third-order valence-electron chi connectivity index (χ3n) is 5.44. The zero-order chi connectivity index (χ0) is 19.3. The van der Waals surface area contributed by atoms with Crippen LogP contribution in [0.1, 0.15) is 25.5 Å². The van der Waals surface area contributed by atoms with Crippen LogP contribution in [0.3, 0.4) is 0 Å². The minimum absolute atomic E-state index is 0.256. The highest BCUT2D eigenvalue weighted by Gasteiger charge is 2.50. The molecule has 140 valence electrons. The highest BCUT2D eigenvalue weighted by Crippen LogP contribution is 2.36. The van der Waals surface area contributed by atoms with Crippen molar-refractivity contribution >= 4 is 34.4 Å². The predicted molar refractivity (Wildman–Crippen MR) is 98.5 cm³/mol. The molecule has 0 spiro atoms. The number of pyridine rings is 1. The molecule has 2 aliphatic rings. The number of carbonyl (C=O) groups is 3. The van der Waals surface area contributed by atoms with E-state index in [9.17, 15) is 14.4 Å². The number of anilines is 1. The van der Waals surface area contributed by atoms with Gasteiger partial charge in [0.25, 0.3) is 0 Å². The number of allylic oxidation sites excluding steroid dienone is 2. The zero-order valence-corrected chi connectivity index (χ0v) is 15.5. The quantitative estimate of drug-likeness (QED) is 0.656. The largest absolute Gasteiger partial charge is 0.323 e. The molecule has 0 radical (unpaired) electrons.